The van der Waals surface area contributed by atoms with Crippen molar-refractivity contribution in [3.63, 3.8) is 0 Å². The minimum absolute atomic E-state index is 0.246. The van der Waals surface area contributed by atoms with E-state index in [4.69, 9.17) is 13.6 Å². The van der Waals surface area contributed by atoms with Crippen LogP contribution in [0.25, 0.3) is 0 Å². The number of rotatable bonds is 14. The van der Waals surface area contributed by atoms with Crippen molar-refractivity contribution in [2.75, 3.05) is 20.8 Å². The molecule has 0 saturated carbocycles. The van der Waals surface area contributed by atoms with Gasteiger partial charge in [-0.05, 0) is 31.9 Å². The highest BCUT2D eigenvalue weighted by molar-refractivity contribution is 6.65. The second-order valence-corrected chi connectivity index (χ2v) is 9.36. The fourth-order valence-corrected chi connectivity index (χ4v) is 3.49. The molecule has 5 heteroatoms. The largest absolute Gasteiger partial charge is 0.463 e. The summed E-state index contributed by atoms with van der Waals surface area (Å²) in [6, 6.07) is 0.828. The van der Waals surface area contributed by atoms with E-state index in [9.17, 15) is 4.79 Å². The standard InChI is InChI=1S/C17H34O4Si/c1-5-6-7-8-9-10-11-12-14-17(18)21-15-13-16-22(4,19-2)20-3/h12,14H,5-11,13,15-16H2,1-4H3. The van der Waals surface area contributed by atoms with Gasteiger partial charge in [-0.15, -0.1) is 0 Å². The molecule has 0 aliphatic carbocycles. The van der Waals surface area contributed by atoms with Gasteiger partial charge < -0.3 is 13.6 Å². The SMILES string of the molecule is CCCCCCCCC=CC(=O)OCCC[Si](C)(OC)OC. The minimum Gasteiger partial charge on any atom is -0.463 e. The van der Waals surface area contributed by atoms with Gasteiger partial charge in [-0.3, -0.25) is 0 Å². The molecule has 0 amide bonds. The van der Waals surface area contributed by atoms with Gasteiger partial charge in [0.1, 0.15) is 0 Å². The first kappa shape index (κ1) is 21.3. The molecule has 0 aliphatic rings. The van der Waals surface area contributed by atoms with E-state index in [1.807, 2.05) is 12.6 Å². The molecule has 0 heterocycles. The third kappa shape index (κ3) is 11.9. The lowest BCUT2D eigenvalue weighted by molar-refractivity contribution is -0.137. The lowest BCUT2D eigenvalue weighted by Crippen LogP contribution is -2.36. The van der Waals surface area contributed by atoms with Crippen LogP contribution < -0.4 is 0 Å². The van der Waals surface area contributed by atoms with E-state index in [2.05, 4.69) is 6.92 Å². The van der Waals surface area contributed by atoms with Gasteiger partial charge in [-0.25, -0.2) is 4.79 Å². The Morgan fingerprint density at radius 1 is 1.00 bits per heavy atom. The molecule has 22 heavy (non-hydrogen) atoms. The van der Waals surface area contributed by atoms with Crippen LogP contribution in [0.1, 0.15) is 58.3 Å². The summed E-state index contributed by atoms with van der Waals surface area (Å²) < 4.78 is 15.9. The van der Waals surface area contributed by atoms with Crippen LogP contribution in [-0.4, -0.2) is 35.4 Å². The van der Waals surface area contributed by atoms with Crippen LogP contribution in [0, 0.1) is 0 Å². The Kier molecular flexibility index (Phi) is 13.6. The minimum atomic E-state index is -2.03. The number of hydrogen-bond acceptors (Lipinski definition) is 4. The maximum Gasteiger partial charge on any atom is 0.334 e. The number of unbranched alkanes of at least 4 members (excludes halogenated alkanes) is 6. The molecule has 0 aromatic carbocycles. The third-order valence-electron chi connectivity index (χ3n) is 3.86. The molecule has 0 N–H and O–H groups in total. The van der Waals surface area contributed by atoms with Gasteiger partial charge in [0.25, 0.3) is 0 Å². The van der Waals surface area contributed by atoms with E-state index in [1.165, 1.54) is 32.1 Å². The fourth-order valence-electron chi connectivity index (χ4n) is 2.12. The normalized spacial score (nSPS) is 12.0. The van der Waals surface area contributed by atoms with Crippen molar-refractivity contribution in [1.82, 2.24) is 0 Å². The van der Waals surface area contributed by atoms with Crippen molar-refractivity contribution in [3.8, 4) is 0 Å². The third-order valence-corrected chi connectivity index (χ3v) is 6.85. The van der Waals surface area contributed by atoms with E-state index < -0.39 is 8.56 Å². The highest BCUT2D eigenvalue weighted by Crippen LogP contribution is 2.13. The van der Waals surface area contributed by atoms with E-state index in [0.29, 0.717) is 6.61 Å². The van der Waals surface area contributed by atoms with E-state index in [-0.39, 0.29) is 5.97 Å². The molecule has 0 radical (unpaired) electrons. The molecule has 4 nitrogen and oxygen atoms in total. The van der Waals surface area contributed by atoms with Crippen LogP contribution in [0.3, 0.4) is 0 Å². The summed E-state index contributed by atoms with van der Waals surface area (Å²) in [7, 11) is 1.32. The number of ether oxygens (including phenoxy) is 1. The predicted octanol–water partition coefficient (Wildman–Crippen LogP) is 4.59. The first-order valence-electron chi connectivity index (χ1n) is 8.51. The topological polar surface area (TPSA) is 44.8 Å². The summed E-state index contributed by atoms with van der Waals surface area (Å²) in [6.07, 6.45) is 12.8. The summed E-state index contributed by atoms with van der Waals surface area (Å²) in [6.45, 7) is 4.66. The van der Waals surface area contributed by atoms with Gasteiger partial charge in [-0.1, -0.05) is 45.1 Å². The molecule has 0 unspecified atom stereocenters. The first-order chi connectivity index (χ1) is 10.6. The maximum atomic E-state index is 11.5. The summed E-state index contributed by atoms with van der Waals surface area (Å²) in [5.41, 5.74) is 0. The fraction of sp³-hybridized carbons (Fsp3) is 0.824. The van der Waals surface area contributed by atoms with Crippen molar-refractivity contribution < 1.29 is 18.4 Å². The first-order valence-corrected chi connectivity index (χ1v) is 11.0. The molecular weight excluding hydrogens is 296 g/mol. The summed E-state index contributed by atoms with van der Waals surface area (Å²) in [5, 5.41) is 0. The zero-order valence-electron chi connectivity index (χ0n) is 14.9. The number of hydrogen-bond donors (Lipinski definition) is 0. The highest BCUT2D eigenvalue weighted by atomic mass is 28.4. The van der Waals surface area contributed by atoms with Crippen LogP contribution in [0.5, 0.6) is 0 Å². The van der Waals surface area contributed by atoms with E-state index >= 15 is 0 Å². The maximum absolute atomic E-state index is 11.5. The predicted molar refractivity (Wildman–Crippen MR) is 93.2 cm³/mol. The van der Waals surface area contributed by atoms with E-state index in [1.54, 1.807) is 20.3 Å². The van der Waals surface area contributed by atoms with Crippen LogP contribution in [0.15, 0.2) is 12.2 Å². The molecule has 0 aromatic heterocycles. The quantitative estimate of drug-likeness (QED) is 0.202. The molecule has 0 fully saturated rings. The van der Waals surface area contributed by atoms with Crippen LogP contribution in [0.4, 0.5) is 0 Å². The molecule has 0 rings (SSSR count). The van der Waals surface area contributed by atoms with Crippen molar-refractivity contribution in [1.29, 1.82) is 0 Å². The smallest absolute Gasteiger partial charge is 0.334 e. The van der Waals surface area contributed by atoms with Crippen molar-refractivity contribution in [3.05, 3.63) is 12.2 Å². The Bertz CT molecular complexity index is 301. The monoisotopic (exact) mass is 330 g/mol. The Morgan fingerprint density at radius 3 is 2.27 bits per heavy atom. The lowest BCUT2D eigenvalue weighted by atomic mass is 10.1. The second kappa shape index (κ2) is 14.0. The molecule has 0 aliphatic heterocycles. The Morgan fingerprint density at radius 2 is 1.64 bits per heavy atom. The molecule has 0 bridgehead atoms. The number of esters is 1. The van der Waals surface area contributed by atoms with Crippen molar-refractivity contribution in [2.24, 2.45) is 0 Å². The van der Waals surface area contributed by atoms with Gasteiger partial charge >= 0.3 is 14.5 Å². The average Bonchev–Trinajstić information content (AvgIpc) is 2.54. The zero-order chi connectivity index (χ0) is 16.7. The van der Waals surface area contributed by atoms with Crippen LogP contribution in [0.2, 0.25) is 12.6 Å². The summed E-state index contributed by atoms with van der Waals surface area (Å²) in [5.74, 6) is -0.246. The molecule has 0 saturated heterocycles. The number of allylic oxidation sites excluding steroid dienone is 1. The van der Waals surface area contributed by atoms with Gasteiger partial charge in [0, 0.05) is 20.3 Å². The van der Waals surface area contributed by atoms with E-state index in [0.717, 1.165) is 25.3 Å². The van der Waals surface area contributed by atoms with Crippen molar-refractivity contribution >= 4 is 14.5 Å². The van der Waals surface area contributed by atoms with Gasteiger partial charge in [-0.2, -0.15) is 0 Å². The molecule has 0 atom stereocenters. The molecule has 0 spiro atoms. The Hall–Kier alpha value is -0.653. The van der Waals surface area contributed by atoms with Crippen LogP contribution >= 0.6 is 0 Å². The highest BCUT2D eigenvalue weighted by Gasteiger charge is 2.27. The average molecular weight is 331 g/mol. The van der Waals surface area contributed by atoms with Gasteiger partial charge in [0.2, 0.25) is 0 Å². The van der Waals surface area contributed by atoms with Gasteiger partial charge in [0.15, 0.2) is 0 Å². The summed E-state index contributed by atoms with van der Waals surface area (Å²) in [4.78, 5) is 11.5. The Balaban J connectivity index is 3.55. The zero-order valence-corrected chi connectivity index (χ0v) is 15.9. The lowest BCUT2D eigenvalue weighted by Gasteiger charge is -2.22. The molecule has 130 valence electrons. The second-order valence-electron chi connectivity index (χ2n) is 5.77. The van der Waals surface area contributed by atoms with Crippen LogP contribution in [-0.2, 0) is 18.4 Å². The van der Waals surface area contributed by atoms with Crippen molar-refractivity contribution in [2.45, 2.75) is 70.9 Å². The molecular formula is C17H34O4Si. The number of carbonyl (C=O) groups excluding carboxylic acids is 1. The Labute approximate surface area is 137 Å². The summed E-state index contributed by atoms with van der Waals surface area (Å²) >= 11 is 0. The molecule has 0 aromatic rings. The number of carbonyl (C=O) groups is 1. The van der Waals surface area contributed by atoms with Gasteiger partial charge in [0.05, 0.1) is 6.61 Å².